The molecule has 266 valence electrons. The second kappa shape index (κ2) is 16.0. The third-order valence-corrected chi connectivity index (χ3v) is 13.9. The van der Waals surface area contributed by atoms with Gasteiger partial charge in [0, 0.05) is 0 Å². The first-order valence-electron chi connectivity index (χ1n) is 18.6. The molecule has 3 saturated carbocycles. The third-order valence-electron chi connectivity index (χ3n) is 12.8. The van der Waals surface area contributed by atoms with Gasteiger partial charge in [-0.2, -0.15) is 0 Å². The van der Waals surface area contributed by atoms with E-state index in [1.54, 1.807) is 5.57 Å². The first kappa shape index (κ1) is 38.3. The molecule has 0 radical (unpaired) electrons. The number of quaternary nitrogens is 1. The lowest BCUT2D eigenvalue weighted by molar-refractivity contribution is -0.870. The van der Waals surface area contributed by atoms with Crippen LogP contribution in [0.5, 0.6) is 0 Å². The van der Waals surface area contributed by atoms with Gasteiger partial charge in [0.05, 0.1) is 53.7 Å². The number of nitrogens with zero attached hydrogens (tertiary/aromatic N) is 1. The summed E-state index contributed by atoms with van der Waals surface area (Å²) in [5.74, 6) is 5.41. The molecule has 4 rings (SSSR count). The van der Waals surface area contributed by atoms with E-state index in [1.807, 2.05) is 21.1 Å². The average molecular weight is 667 g/mol. The molecule has 10 atom stereocenters. The normalized spacial score (nSPS) is 35.7. The Morgan fingerprint density at radius 2 is 1.67 bits per heavy atom. The van der Waals surface area contributed by atoms with Crippen molar-refractivity contribution in [1.29, 1.82) is 0 Å². The highest BCUT2D eigenvalue weighted by atomic mass is 31.2. The standard InChI is InChI=1S/C38H68NO6P/c1-10-30(28(2)3)12-11-29(4)34-15-16-35-33-14-13-31-27-32(17-19-37(31,5)36(33)18-20-38(34,35)6)43-25-23-42-24-26-45-46(40,41)44-22-21-39(7,8)9/h11-13,28-30,32-36H,10,14-27H2,1-9H3/p+1/b12-11+/t29-,30-,32?,33+,34-,35+,36+,37+,38-/m1/s1. The predicted octanol–water partition coefficient (Wildman–Crippen LogP) is 8.68. The van der Waals surface area contributed by atoms with E-state index in [0.29, 0.717) is 46.9 Å². The number of ether oxygens (including phenoxy) is 2. The summed E-state index contributed by atoms with van der Waals surface area (Å²) in [6.45, 7) is 16.8. The summed E-state index contributed by atoms with van der Waals surface area (Å²) in [4.78, 5) is 9.84. The number of phosphoric ester groups is 1. The number of likely N-dealkylation sites (N-methyl/N-ethyl adjacent to an activating group) is 1. The van der Waals surface area contributed by atoms with Gasteiger partial charge in [-0.25, -0.2) is 4.57 Å². The molecule has 46 heavy (non-hydrogen) atoms. The zero-order valence-electron chi connectivity index (χ0n) is 30.8. The molecule has 7 nitrogen and oxygen atoms in total. The van der Waals surface area contributed by atoms with Crippen LogP contribution in [0.1, 0.15) is 99.3 Å². The van der Waals surface area contributed by atoms with Gasteiger partial charge in [0.15, 0.2) is 0 Å². The highest BCUT2D eigenvalue weighted by Crippen LogP contribution is 2.67. The maximum Gasteiger partial charge on any atom is 0.472 e. The fourth-order valence-corrected chi connectivity index (χ4v) is 10.7. The summed E-state index contributed by atoms with van der Waals surface area (Å²) < 4.78 is 34.7. The van der Waals surface area contributed by atoms with Crippen LogP contribution < -0.4 is 0 Å². The number of rotatable bonds is 17. The van der Waals surface area contributed by atoms with Crippen LogP contribution in [-0.2, 0) is 23.1 Å². The zero-order valence-corrected chi connectivity index (χ0v) is 31.7. The molecule has 0 spiro atoms. The Kier molecular flexibility index (Phi) is 13.3. The molecule has 0 aromatic carbocycles. The van der Waals surface area contributed by atoms with Crippen molar-refractivity contribution in [3.63, 3.8) is 0 Å². The summed E-state index contributed by atoms with van der Waals surface area (Å²) in [6.07, 6.45) is 19.5. The van der Waals surface area contributed by atoms with Crippen molar-refractivity contribution >= 4 is 7.82 Å². The smallest absolute Gasteiger partial charge is 0.377 e. The molecule has 4 aliphatic carbocycles. The van der Waals surface area contributed by atoms with Crippen molar-refractivity contribution in [2.75, 3.05) is 60.7 Å². The second-order valence-electron chi connectivity index (χ2n) is 17.0. The van der Waals surface area contributed by atoms with E-state index < -0.39 is 7.82 Å². The van der Waals surface area contributed by atoms with Gasteiger partial charge in [0.2, 0.25) is 0 Å². The molecule has 0 heterocycles. The van der Waals surface area contributed by atoms with Gasteiger partial charge in [-0.1, -0.05) is 65.3 Å². The quantitative estimate of drug-likeness (QED) is 0.0725. The van der Waals surface area contributed by atoms with Crippen molar-refractivity contribution in [1.82, 2.24) is 0 Å². The average Bonchev–Trinajstić information content (AvgIpc) is 3.33. The van der Waals surface area contributed by atoms with Crippen LogP contribution in [0.15, 0.2) is 23.8 Å². The van der Waals surface area contributed by atoms with E-state index in [1.165, 1.54) is 44.9 Å². The molecular formula is C38H69NO6P+. The number of hydrogen-bond donors (Lipinski definition) is 1. The van der Waals surface area contributed by atoms with E-state index in [9.17, 15) is 9.46 Å². The van der Waals surface area contributed by atoms with E-state index in [0.717, 1.165) is 42.4 Å². The lowest BCUT2D eigenvalue weighted by Crippen LogP contribution is -2.51. The molecule has 0 aromatic heterocycles. The summed E-state index contributed by atoms with van der Waals surface area (Å²) in [5, 5.41) is 0. The Morgan fingerprint density at radius 3 is 2.37 bits per heavy atom. The highest BCUT2D eigenvalue weighted by molar-refractivity contribution is 7.47. The van der Waals surface area contributed by atoms with Gasteiger partial charge >= 0.3 is 7.82 Å². The second-order valence-corrected chi connectivity index (χ2v) is 18.5. The summed E-state index contributed by atoms with van der Waals surface area (Å²) >= 11 is 0. The third kappa shape index (κ3) is 9.37. The number of allylic oxidation sites excluding steroid dienone is 3. The van der Waals surface area contributed by atoms with Crippen LogP contribution in [0.25, 0.3) is 0 Å². The Balaban J connectivity index is 1.21. The van der Waals surface area contributed by atoms with Gasteiger partial charge < -0.3 is 18.9 Å². The summed E-state index contributed by atoms with van der Waals surface area (Å²) in [5.41, 5.74) is 2.45. The molecule has 3 fully saturated rings. The van der Waals surface area contributed by atoms with E-state index in [4.69, 9.17) is 18.5 Å². The Labute approximate surface area is 282 Å². The van der Waals surface area contributed by atoms with Gasteiger partial charge in [0.1, 0.15) is 13.2 Å². The van der Waals surface area contributed by atoms with Crippen LogP contribution in [0, 0.1) is 52.3 Å². The molecule has 0 saturated heterocycles. The van der Waals surface area contributed by atoms with Crippen molar-refractivity contribution in [3.8, 4) is 0 Å². The van der Waals surface area contributed by atoms with Crippen LogP contribution in [0.2, 0.25) is 0 Å². The minimum Gasteiger partial charge on any atom is -0.377 e. The first-order valence-corrected chi connectivity index (χ1v) is 20.1. The van der Waals surface area contributed by atoms with Gasteiger partial charge in [-0.3, -0.25) is 9.05 Å². The van der Waals surface area contributed by atoms with E-state index in [2.05, 4.69) is 59.8 Å². The molecule has 0 aromatic rings. The monoisotopic (exact) mass is 666 g/mol. The Hall–Kier alpha value is -0.530. The number of phosphoric acid groups is 1. The Bertz CT molecular complexity index is 1090. The summed E-state index contributed by atoms with van der Waals surface area (Å²) in [7, 11) is 1.96. The SMILES string of the molecule is CC[C@H](/C=C/[C@@H](C)[C@H]1CC[C@H]2[C@@H]3CC=C4CC(OCCOCCOP(=O)(O)OCC[N+](C)(C)C)CC[C@]4(C)[C@H]3CC[C@]12C)C(C)C. The van der Waals surface area contributed by atoms with Crippen molar-refractivity contribution < 1.29 is 32.5 Å². The lowest BCUT2D eigenvalue weighted by atomic mass is 9.47. The fourth-order valence-electron chi connectivity index (χ4n) is 10.0. The minimum atomic E-state index is -4.05. The van der Waals surface area contributed by atoms with Crippen LogP contribution in [0.3, 0.4) is 0 Å². The highest BCUT2D eigenvalue weighted by Gasteiger charge is 2.59. The molecular weight excluding hydrogens is 597 g/mol. The van der Waals surface area contributed by atoms with Crippen molar-refractivity contribution in [2.24, 2.45) is 52.3 Å². The molecule has 1 N–H and O–H groups in total. The van der Waals surface area contributed by atoms with E-state index >= 15 is 0 Å². The largest absolute Gasteiger partial charge is 0.472 e. The van der Waals surface area contributed by atoms with E-state index in [-0.39, 0.29) is 25.9 Å². The topological polar surface area (TPSA) is 74.2 Å². The molecule has 0 aliphatic heterocycles. The fraction of sp³-hybridized carbons (Fsp3) is 0.895. The lowest BCUT2D eigenvalue weighted by Gasteiger charge is -2.58. The van der Waals surface area contributed by atoms with Gasteiger partial charge in [-0.05, 0) is 110 Å². The first-order chi connectivity index (χ1) is 21.6. The molecule has 2 unspecified atom stereocenters. The van der Waals surface area contributed by atoms with Crippen LogP contribution >= 0.6 is 7.82 Å². The van der Waals surface area contributed by atoms with Gasteiger partial charge in [-0.15, -0.1) is 0 Å². The Morgan fingerprint density at radius 1 is 0.957 bits per heavy atom. The maximum atomic E-state index is 12.0. The van der Waals surface area contributed by atoms with Gasteiger partial charge in [0.25, 0.3) is 0 Å². The van der Waals surface area contributed by atoms with Crippen molar-refractivity contribution in [3.05, 3.63) is 23.8 Å². The van der Waals surface area contributed by atoms with Crippen LogP contribution in [-0.4, -0.2) is 76.2 Å². The van der Waals surface area contributed by atoms with Crippen molar-refractivity contribution in [2.45, 2.75) is 105 Å². The molecule has 4 aliphatic rings. The van der Waals surface area contributed by atoms with Crippen LogP contribution in [0.4, 0.5) is 0 Å². The molecule has 0 bridgehead atoms. The number of fused-ring (bicyclic) bond motifs is 5. The minimum absolute atomic E-state index is 0.0171. The number of hydrogen-bond acceptors (Lipinski definition) is 5. The zero-order chi connectivity index (χ0) is 33.8. The summed E-state index contributed by atoms with van der Waals surface area (Å²) in [6, 6.07) is 0. The molecule has 0 amide bonds. The maximum absolute atomic E-state index is 12.0. The molecule has 8 heteroatoms. The predicted molar refractivity (Wildman–Crippen MR) is 187 cm³/mol.